The number of amides is 1. The van der Waals surface area contributed by atoms with Gasteiger partial charge in [-0.2, -0.15) is 0 Å². The van der Waals surface area contributed by atoms with Gasteiger partial charge in [-0.05, 0) is 27.9 Å². The molecule has 0 radical (unpaired) electrons. The highest BCUT2D eigenvalue weighted by Gasteiger charge is 2.09. The molecule has 4 heteroatoms. The van der Waals surface area contributed by atoms with Gasteiger partial charge in [0.05, 0.1) is 6.04 Å². The summed E-state index contributed by atoms with van der Waals surface area (Å²) < 4.78 is 0. The third-order valence-corrected chi connectivity index (χ3v) is 1.87. The molecule has 0 aromatic rings. The topological polar surface area (TPSA) is 58.4 Å². The third-order valence-electron chi connectivity index (χ3n) is 1.87. The van der Waals surface area contributed by atoms with Crippen molar-refractivity contribution >= 4 is 5.91 Å². The van der Waals surface area contributed by atoms with Crippen LogP contribution in [0, 0.1) is 0 Å². The zero-order valence-electron chi connectivity index (χ0n) is 8.29. The summed E-state index contributed by atoms with van der Waals surface area (Å²) in [6, 6.07) is -0.0768. The molecule has 1 amide bonds. The summed E-state index contributed by atoms with van der Waals surface area (Å²) >= 11 is 0. The first-order valence-corrected chi connectivity index (χ1v) is 4.15. The molecule has 2 atom stereocenters. The highest BCUT2D eigenvalue weighted by molar-refractivity contribution is 5.80. The smallest absolute Gasteiger partial charge is 0.236 e. The Kier molecular flexibility index (Phi) is 4.85. The van der Waals surface area contributed by atoms with Crippen LogP contribution in [0.25, 0.3) is 0 Å². The molecule has 0 rings (SSSR count). The summed E-state index contributed by atoms with van der Waals surface area (Å²) in [5, 5.41) is 2.76. The van der Waals surface area contributed by atoms with Crippen molar-refractivity contribution in [2.24, 2.45) is 5.73 Å². The second kappa shape index (κ2) is 5.11. The standard InChI is InChI=1S/C8H19N3O/c1-6(11(3)4)5-10-8(12)7(2)9/h6-7H,5,9H2,1-4H3,(H,10,12). The number of carbonyl (C=O) groups is 1. The zero-order chi connectivity index (χ0) is 9.72. The number of hydrogen-bond acceptors (Lipinski definition) is 3. The van der Waals surface area contributed by atoms with Crippen molar-refractivity contribution < 1.29 is 4.79 Å². The molecule has 0 fully saturated rings. The van der Waals surface area contributed by atoms with Gasteiger partial charge in [0.15, 0.2) is 0 Å². The summed E-state index contributed by atoms with van der Waals surface area (Å²) in [5.74, 6) is -0.0938. The average molecular weight is 173 g/mol. The lowest BCUT2D eigenvalue weighted by Gasteiger charge is -2.20. The molecule has 12 heavy (non-hydrogen) atoms. The number of nitrogens with two attached hydrogens (primary N) is 1. The molecular weight excluding hydrogens is 154 g/mol. The van der Waals surface area contributed by atoms with E-state index in [0.717, 1.165) is 0 Å². The highest BCUT2D eigenvalue weighted by Crippen LogP contribution is 1.88. The maximum Gasteiger partial charge on any atom is 0.236 e. The number of nitrogens with one attached hydrogen (secondary N) is 1. The molecular formula is C8H19N3O. The van der Waals surface area contributed by atoms with Crippen molar-refractivity contribution in [2.75, 3.05) is 20.6 Å². The van der Waals surface area contributed by atoms with Crippen molar-refractivity contribution in [1.82, 2.24) is 10.2 Å². The lowest BCUT2D eigenvalue weighted by atomic mass is 10.3. The molecule has 0 saturated carbocycles. The van der Waals surface area contributed by atoms with Crippen molar-refractivity contribution in [3.63, 3.8) is 0 Å². The van der Waals surface area contributed by atoms with E-state index in [4.69, 9.17) is 5.73 Å². The van der Waals surface area contributed by atoms with E-state index in [0.29, 0.717) is 12.6 Å². The number of nitrogens with zero attached hydrogens (tertiary/aromatic N) is 1. The fourth-order valence-corrected chi connectivity index (χ4v) is 0.592. The van der Waals surface area contributed by atoms with Crippen molar-refractivity contribution in [2.45, 2.75) is 25.9 Å². The first kappa shape index (κ1) is 11.4. The van der Waals surface area contributed by atoms with Crippen LogP contribution in [0.1, 0.15) is 13.8 Å². The molecule has 0 spiro atoms. The van der Waals surface area contributed by atoms with E-state index in [1.54, 1.807) is 6.92 Å². The quantitative estimate of drug-likeness (QED) is 0.597. The van der Waals surface area contributed by atoms with Gasteiger partial charge >= 0.3 is 0 Å². The Morgan fingerprint density at radius 2 is 2.00 bits per heavy atom. The summed E-state index contributed by atoms with van der Waals surface area (Å²) in [6.45, 7) is 4.37. The van der Waals surface area contributed by atoms with Gasteiger partial charge in [0, 0.05) is 12.6 Å². The molecule has 2 unspecified atom stereocenters. The Labute approximate surface area is 74.1 Å². The van der Waals surface area contributed by atoms with Gasteiger partial charge in [-0.1, -0.05) is 0 Å². The SMILES string of the molecule is CC(N)C(=O)NCC(C)N(C)C. The Bertz CT molecular complexity index is 145. The molecule has 0 aliphatic heterocycles. The van der Waals surface area contributed by atoms with Crippen molar-refractivity contribution in [3.8, 4) is 0 Å². The van der Waals surface area contributed by atoms with Crippen LogP contribution in [0.5, 0.6) is 0 Å². The molecule has 0 aliphatic carbocycles. The van der Waals surface area contributed by atoms with Crippen molar-refractivity contribution in [3.05, 3.63) is 0 Å². The molecule has 4 nitrogen and oxygen atoms in total. The minimum Gasteiger partial charge on any atom is -0.353 e. The van der Waals surface area contributed by atoms with Crippen LogP contribution >= 0.6 is 0 Å². The summed E-state index contributed by atoms with van der Waals surface area (Å²) in [7, 11) is 3.95. The summed E-state index contributed by atoms with van der Waals surface area (Å²) in [4.78, 5) is 13.1. The predicted molar refractivity (Wildman–Crippen MR) is 49.8 cm³/mol. The lowest BCUT2D eigenvalue weighted by Crippen LogP contribution is -2.44. The number of likely N-dealkylation sites (N-methyl/N-ethyl adjacent to an activating group) is 1. The first-order valence-electron chi connectivity index (χ1n) is 4.15. The largest absolute Gasteiger partial charge is 0.353 e. The van der Waals surface area contributed by atoms with Gasteiger partial charge < -0.3 is 16.0 Å². The molecule has 0 aromatic carbocycles. The Morgan fingerprint density at radius 1 is 1.50 bits per heavy atom. The minimum absolute atomic E-state index is 0.0938. The normalized spacial score (nSPS) is 15.8. The van der Waals surface area contributed by atoms with Crippen LogP contribution in [0.4, 0.5) is 0 Å². The number of rotatable bonds is 4. The van der Waals surface area contributed by atoms with Gasteiger partial charge in [0.25, 0.3) is 0 Å². The van der Waals surface area contributed by atoms with Crippen LogP contribution in [0.3, 0.4) is 0 Å². The van der Waals surface area contributed by atoms with Gasteiger partial charge in [-0.3, -0.25) is 4.79 Å². The monoisotopic (exact) mass is 173 g/mol. The number of carbonyl (C=O) groups excluding carboxylic acids is 1. The Morgan fingerprint density at radius 3 is 2.33 bits per heavy atom. The molecule has 0 aromatic heterocycles. The molecule has 0 heterocycles. The lowest BCUT2D eigenvalue weighted by molar-refractivity contribution is -0.122. The Hall–Kier alpha value is -0.610. The highest BCUT2D eigenvalue weighted by atomic mass is 16.2. The average Bonchev–Trinajstić information content (AvgIpc) is 1.98. The fourth-order valence-electron chi connectivity index (χ4n) is 0.592. The van der Waals surface area contributed by atoms with E-state index < -0.39 is 6.04 Å². The van der Waals surface area contributed by atoms with Crippen molar-refractivity contribution in [1.29, 1.82) is 0 Å². The van der Waals surface area contributed by atoms with E-state index in [2.05, 4.69) is 5.32 Å². The second-order valence-corrected chi connectivity index (χ2v) is 3.35. The van der Waals surface area contributed by atoms with Gasteiger partial charge in [0.1, 0.15) is 0 Å². The molecule has 0 bridgehead atoms. The second-order valence-electron chi connectivity index (χ2n) is 3.35. The third kappa shape index (κ3) is 4.31. The number of hydrogen-bond donors (Lipinski definition) is 2. The first-order chi connectivity index (χ1) is 5.45. The van der Waals surface area contributed by atoms with Gasteiger partial charge in [-0.15, -0.1) is 0 Å². The van der Waals surface area contributed by atoms with Crippen LogP contribution in [-0.4, -0.2) is 43.5 Å². The maximum atomic E-state index is 11.0. The summed E-state index contributed by atoms with van der Waals surface area (Å²) in [6.07, 6.45) is 0. The maximum absolute atomic E-state index is 11.0. The molecule has 72 valence electrons. The zero-order valence-corrected chi connectivity index (χ0v) is 8.29. The van der Waals surface area contributed by atoms with Gasteiger partial charge in [0.2, 0.25) is 5.91 Å². The van der Waals surface area contributed by atoms with E-state index in [1.807, 2.05) is 25.9 Å². The van der Waals surface area contributed by atoms with Gasteiger partial charge in [-0.25, -0.2) is 0 Å². The van der Waals surface area contributed by atoms with E-state index in [1.165, 1.54) is 0 Å². The fraction of sp³-hybridized carbons (Fsp3) is 0.875. The van der Waals surface area contributed by atoms with E-state index in [-0.39, 0.29) is 5.91 Å². The van der Waals surface area contributed by atoms with Crippen LogP contribution in [0.2, 0.25) is 0 Å². The summed E-state index contributed by atoms with van der Waals surface area (Å²) in [5.41, 5.74) is 5.37. The molecule has 0 aliphatic rings. The predicted octanol–water partition coefficient (Wildman–Crippen LogP) is -0.600. The minimum atomic E-state index is -0.417. The van der Waals surface area contributed by atoms with E-state index >= 15 is 0 Å². The van der Waals surface area contributed by atoms with Crippen LogP contribution in [-0.2, 0) is 4.79 Å². The Balaban J connectivity index is 3.61. The van der Waals surface area contributed by atoms with Crippen LogP contribution < -0.4 is 11.1 Å². The van der Waals surface area contributed by atoms with E-state index in [9.17, 15) is 4.79 Å². The molecule has 3 N–H and O–H groups in total. The molecule has 0 saturated heterocycles. The van der Waals surface area contributed by atoms with Crippen LogP contribution in [0.15, 0.2) is 0 Å².